The minimum atomic E-state index is -0.524. The molecule has 82 valence electrons. The van der Waals surface area contributed by atoms with Gasteiger partial charge in [0.15, 0.2) is 0 Å². The molecule has 16 heavy (non-hydrogen) atoms. The molecule has 0 fully saturated rings. The van der Waals surface area contributed by atoms with Crippen LogP contribution < -0.4 is 11.1 Å². The molecule has 0 radical (unpaired) electrons. The molecule has 0 aliphatic heterocycles. The molecule has 0 unspecified atom stereocenters. The molecule has 1 rings (SSSR count). The van der Waals surface area contributed by atoms with E-state index >= 15 is 0 Å². The second-order valence-corrected chi connectivity index (χ2v) is 3.68. The monoisotopic (exact) mass is 255 g/mol. The van der Waals surface area contributed by atoms with Crippen LogP contribution in [0.1, 0.15) is 0 Å². The molecule has 3 N–H and O–H groups in total. The maximum absolute atomic E-state index is 13.3. The van der Waals surface area contributed by atoms with E-state index in [2.05, 4.69) is 17.5 Å². The van der Waals surface area contributed by atoms with Crippen molar-refractivity contribution >= 4 is 34.5 Å². The standard InChI is InChI=1S/C10H7ClFN3S/c11-7-1-2-9(8(12)3-7)15-5-6(4-13)10(14)16/h1-3,5,15H,(H2,14,16)/b6-5-. The van der Waals surface area contributed by atoms with Gasteiger partial charge in [-0.05, 0) is 18.2 Å². The number of nitrogens with two attached hydrogens (primary N) is 1. The highest BCUT2D eigenvalue weighted by molar-refractivity contribution is 7.80. The van der Waals surface area contributed by atoms with Crippen LogP contribution >= 0.6 is 23.8 Å². The van der Waals surface area contributed by atoms with Crippen LogP contribution in [0.5, 0.6) is 0 Å². The van der Waals surface area contributed by atoms with Gasteiger partial charge < -0.3 is 11.1 Å². The summed E-state index contributed by atoms with van der Waals surface area (Å²) < 4.78 is 13.3. The number of hydrogen-bond acceptors (Lipinski definition) is 3. The number of hydrogen-bond donors (Lipinski definition) is 2. The van der Waals surface area contributed by atoms with Crippen molar-refractivity contribution in [2.24, 2.45) is 5.73 Å². The Morgan fingerprint density at radius 3 is 2.81 bits per heavy atom. The summed E-state index contributed by atoms with van der Waals surface area (Å²) in [5.74, 6) is -0.524. The summed E-state index contributed by atoms with van der Waals surface area (Å²) in [6, 6.07) is 5.91. The number of nitrogens with one attached hydrogen (secondary N) is 1. The molecular formula is C10H7ClFN3S. The van der Waals surface area contributed by atoms with Gasteiger partial charge in [0.2, 0.25) is 0 Å². The van der Waals surface area contributed by atoms with Crippen molar-refractivity contribution in [3.05, 3.63) is 40.8 Å². The molecule has 0 aliphatic rings. The summed E-state index contributed by atoms with van der Waals surface area (Å²) in [4.78, 5) is -0.0515. The second-order valence-electron chi connectivity index (χ2n) is 2.80. The Hall–Kier alpha value is -1.64. The molecular weight excluding hydrogens is 249 g/mol. The predicted molar refractivity (Wildman–Crippen MR) is 65.5 cm³/mol. The first kappa shape index (κ1) is 12.4. The Labute approximate surface area is 102 Å². The first-order valence-corrected chi connectivity index (χ1v) is 4.95. The van der Waals surface area contributed by atoms with Crippen LogP contribution in [0.4, 0.5) is 10.1 Å². The normalized spacial score (nSPS) is 10.7. The van der Waals surface area contributed by atoms with Crippen molar-refractivity contribution in [3.63, 3.8) is 0 Å². The number of thiocarbonyl (C=S) groups is 1. The Balaban J connectivity index is 2.90. The number of rotatable bonds is 3. The van der Waals surface area contributed by atoms with Gasteiger partial charge in [0.25, 0.3) is 0 Å². The van der Waals surface area contributed by atoms with Gasteiger partial charge >= 0.3 is 0 Å². The predicted octanol–water partition coefficient (Wildman–Crippen LogP) is 2.58. The number of halogens is 2. The molecule has 0 bridgehead atoms. The number of nitrogens with zero attached hydrogens (tertiary/aromatic N) is 1. The molecule has 1 aromatic rings. The van der Waals surface area contributed by atoms with E-state index in [0.29, 0.717) is 5.02 Å². The van der Waals surface area contributed by atoms with Crippen LogP contribution in [0.3, 0.4) is 0 Å². The van der Waals surface area contributed by atoms with Crippen molar-refractivity contribution < 1.29 is 4.39 Å². The quantitative estimate of drug-likeness (QED) is 0.495. The Morgan fingerprint density at radius 2 is 2.31 bits per heavy atom. The minimum absolute atomic E-state index is 0.0515. The molecule has 1 aromatic carbocycles. The summed E-state index contributed by atoms with van der Waals surface area (Å²) in [6.07, 6.45) is 1.24. The first-order valence-electron chi connectivity index (χ1n) is 4.16. The molecule has 0 atom stereocenters. The molecule has 0 spiro atoms. The zero-order valence-corrected chi connectivity index (χ0v) is 9.57. The number of nitriles is 1. The van der Waals surface area contributed by atoms with E-state index in [-0.39, 0.29) is 16.2 Å². The number of anilines is 1. The van der Waals surface area contributed by atoms with Crippen molar-refractivity contribution in [1.82, 2.24) is 0 Å². The average Bonchev–Trinajstić information content (AvgIpc) is 2.21. The lowest BCUT2D eigenvalue weighted by Gasteiger charge is -2.03. The van der Waals surface area contributed by atoms with Crippen molar-refractivity contribution in [3.8, 4) is 6.07 Å². The molecule has 0 saturated carbocycles. The summed E-state index contributed by atoms with van der Waals surface area (Å²) in [5.41, 5.74) is 5.52. The van der Waals surface area contributed by atoms with E-state index < -0.39 is 5.82 Å². The Kier molecular flexibility index (Phi) is 4.23. The maximum atomic E-state index is 13.3. The summed E-state index contributed by atoms with van der Waals surface area (Å²) in [7, 11) is 0. The van der Waals surface area contributed by atoms with E-state index in [1.807, 2.05) is 0 Å². The van der Waals surface area contributed by atoms with Crippen LogP contribution in [-0.4, -0.2) is 4.99 Å². The lowest BCUT2D eigenvalue weighted by Crippen LogP contribution is -2.11. The van der Waals surface area contributed by atoms with Crippen LogP contribution in [0.15, 0.2) is 30.0 Å². The van der Waals surface area contributed by atoms with Gasteiger partial charge in [0.05, 0.1) is 5.69 Å². The zero-order chi connectivity index (χ0) is 12.1. The fraction of sp³-hybridized carbons (Fsp3) is 0. The summed E-state index contributed by atoms with van der Waals surface area (Å²) in [5, 5.41) is 11.5. The molecule has 0 heterocycles. The Bertz CT molecular complexity index is 493. The van der Waals surface area contributed by atoms with Crippen molar-refractivity contribution in [2.75, 3.05) is 5.32 Å². The minimum Gasteiger partial charge on any atom is -0.389 e. The third-order valence-electron chi connectivity index (χ3n) is 1.69. The third-order valence-corrected chi connectivity index (χ3v) is 2.14. The smallest absolute Gasteiger partial charge is 0.148 e. The molecule has 6 heteroatoms. The topological polar surface area (TPSA) is 61.8 Å². The largest absolute Gasteiger partial charge is 0.389 e. The SMILES string of the molecule is N#C/C(=C/Nc1ccc(Cl)cc1F)C(N)=S. The van der Waals surface area contributed by atoms with Gasteiger partial charge in [-0.2, -0.15) is 5.26 Å². The van der Waals surface area contributed by atoms with Crippen LogP contribution in [0.25, 0.3) is 0 Å². The van der Waals surface area contributed by atoms with E-state index in [9.17, 15) is 4.39 Å². The van der Waals surface area contributed by atoms with Gasteiger partial charge in [-0.25, -0.2) is 4.39 Å². The van der Waals surface area contributed by atoms with Gasteiger partial charge in [0.1, 0.15) is 22.4 Å². The van der Waals surface area contributed by atoms with E-state index in [1.165, 1.54) is 18.3 Å². The molecule has 0 aromatic heterocycles. The zero-order valence-electron chi connectivity index (χ0n) is 8.00. The summed E-state index contributed by atoms with van der Waals surface area (Å²) in [6.45, 7) is 0. The van der Waals surface area contributed by atoms with Gasteiger partial charge in [-0.3, -0.25) is 0 Å². The molecule has 0 saturated heterocycles. The van der Waals surface area contributed by atoms with Crippen molar-refractivity contribution in [2.45, 2.75) is 0 Å². The average molecular weight is 256 g/mol. The van der Waals surface area contributed by atoms with Gasteiger partial charge in [-0.15, -0.1) is 0 Å². The Morgan fingerprint density at radius 1 is 1.62 bits per heavy atom. The van der Waals surface area contributed by atoms with E-state index in [0.717, 1.165) is 6.07 Å². The highest BCUT2D eigenvalue weighted by Gasteiger charge is 2.02. The second kappa shape index (κ2) is 5.45. The highest BCUT2D eigenvalue weighted by Crippen LogP contribution is 2.18. The van der Waals surface area contributed by atoms with Gasteiger partial charge in [-0.1, -0.05) is 23.8 Å². The lowest BCUT2D eigenvalue weighted by atomic mass is 10.3. The van der Waals surface area contributed by atoms with E-state index in [1.54, 1.807) is 6.07 Å². The third kappa shape index (κ3) is 3.19. The fourth-order valence-corrected chi connectivity index (χ4v) is 1.18. The van der Waals surface area contributed by atoms with Gasteiger partial charge in [0, 0.05) is 11.2 Å². The van der Waals surface area contributed by atoms with Crippen LogP contribution in [-0.2, 0) is 0 Å². The van der Waals surface area contributed by atoms with E-state index in [4.69, 9.17) is 22.6 Å². The van der Waals surface area contributed by atoms with Crippen LogP contribution in [0.2, 0.25) is 5.02 Å². The fourth-order valence-electron chi connectivity index (χ4n) is 0.915. The number of benzene rings is 1. The molecule has 0 amide bonds. The molecule has 3 nitrogen and oxygen atoms in total. The van der Waals surface area contributed by atoms with Crippen LogP contribution in [0, 0.1) is 17.1 Å². The first-order chi connectivity index (χ1) is 7.54. The highest BCUT2D eigenvalue weighted by atomic mass is 35.5. The maximum Gasteiger partial charge on any atom is 0.148 e. The van der Waals surface area contributed by atoms with Crippen molar-refractivity contribution in [1.29, 1.82) is 5.26 Å². The lowest BCUT2D eigenvalue weighted by molar-refractivity contribution is 0.632. The summed E-state index contributed by atoms with van der Waals surface area (Å²) >= 11 is 10.2. The molecule has 0 aliphatic carbocycles.